The van der Waals surface area contributed by atoms with Crippen LogP contribution in [0.25, 0.3) is 6.08 Å². The van der Waals surface area contributed by atoms with Crippen molar-refractivity contribution < 1.29 is 14.0 Å². The highest BCUT2D eigenvalue weighted by Gasteiger charge is 2.36. The van der Waals surface area contributed by atoms with Crippen molar-refractivity contribution in [2.24, 2.45) is 11.7 Å². The molecule has 3 rings (SSSR count). The van der Waals surface area contributed by atoms with Crippen LogP contribution in [0.4, 0.5) is 0 Å². The Hall–Kier alpha value is -2.04. The van der Waals surface area contributed by atoms with Crippen molar-refractivity contribution in [1.29, 1.82) is 0 Å². The molecule has 2 fully saturated rings. The molecule has 0 aromatic carbocycles. The quantitative estimate of drug-likeness (QED) is 0.848. The minimum atomic E-state index is -0.354. The zero-order valence-electron chi connectivity index (χ0n) is 13.5. The normalized spacial score (nSPS) is 27.3. The maximum atomic E-state index is 12.4. The molecule has 2 heterocycles. The second-order valence-corrected chi connectivity index (χ2v) is 6.74. The Kier molecular flexibility index (Phi) is 4.55. The lowest BCUT2D eigenvalue weighted by molar-refractivity contribution is -0.130. The number of hydrogen-bond acceptors (Lipinski definition) is 3. The molecule has 124 valence electrons. The van der Waals surface area contributed by atoms with E-state index in [9.17, 15) is 9.59 Å². The highest BCUT2D eigenvalue weighted by atomic mass is 16.3. The fraction of sp³-hybridized carbons (Fsp3) is 0.556. The lowest BCUT2D eigenvalue weighted by Crippen LogP contribution is -2.44. The predicted octanol–water partition coefficient (Wildman–Crippen LogP) is 2.67. The molecule has 5 heteroatoms. The lowest BCUT2D eigenvalue weighted by atomic mass is 9.99. The van der Waals surface area contributed by atoms with Crippen LogP contribution in [-0.4, -0.2) is 29.3 Å². The molecule has 0 bridgehead atoms. The van der Waals surface area contributed by atoms with E-state index in [4.69, 9.17) is 10.2 Å². The van der Waals surface area contributed by atoms with Gasteiger partial charge < -0.3 is 15.1 Å². The van der Waals surface area contributed by atoms with E-state index in [-0.39, 0.29) is 24.3 Å². The van der Waals surface area contributed by atoms with Crippen LogP contribution in [0.3, 0.4) is 0 Å². The smallest absolute Gasteiger partial charge is 0.246 e. The zero-order valence-corrected chi connectivity index (χ0v) is 13.5. The summed E-state index contributed by atoms with van der Waals surface area (Å²) in [6.45, 7) is 2.89. The minimum absolute atomic E-state index is 0.0714. The third-order valence-corrected chi connectivity index (χ3v) is 4.86. The number of carbonyl (C=O) groups is 2. The summed E-state index contributed by atoms with van der Waals surface area (Å²) in [6.07, 6.45) is 7.52. The van der Waals surface area contributed by atoms with E-state index < -0.39 is 0 Å². The van der Waals surface area contributed by atoms with Crippen molar-refractivity contribution in [2.75, 3.05) is 6.54 Å². The first-order chi connectivity index (χ1) is 11.0. The third-order valence-electron chi connectivity index (χ3n) is 4.86. The van der Waals surface area contributed by atoms with Gasteiger partial charge in [-0.1, -0.05) is 6.92 Å². The topological polar surface area (TPSA) is 76.5 Å². The van der Waals surface area contributed by atoms with Gasteiger partial charge in [0.1, 0.15) is 11.5 Å². The molecule has 1 saturated heterocycles. The summed E-state index contributed by atoms with van der Waals surface area (Å²) in [5.74, 6) is 2.52. The largest absolute Gasteiger partial charge is 0.461 e. The number of rotatable bonds is 5. The van der Waals surface area contributed by atoms with Crippen molar-refractivity contribution in [3.05, 3.63) is 29.7 Å². The number of primary amides is 1. The molecule has 3 atom stereocenters. The van der Waals surface area contributed by atoms with Gasteiger partial charge in [-0.15, -0.1) is 0 Å². The number of amides is 2. The maximum Gasteiger partial charge on any atom is 0.246 e. The summed E-state index contributed by atoms with van der Waals surface area (Å²) in [7, 11) is 0. The standard InChI is InChI=1S/C18H24N2O3/c1-12-10-15(12)16-7-5-14(23-16)6-8-18(22)20-9-3-2-4-13(20)11-17(19)21/h5-8,12-13,15H,2-4,9-11H2,1H3,(H2,19,21)/b8-6+/t12-,13+,15+/m1/s1. The molecule has 5 nitrogen and oxygen atoms in total. The summed E-state index contributed by atoms with van der Waals surface area (Å²) in [6, 6.07) is 3.83. The summed E-state index contributed by atoms with van der Waals surface area (Å²) in [5.41, 5.74) is 5.29. The molecule has 0 spiro atoms. The van der Waals surface area contributed by atoms with Gasteiger partial charge in [-0.05, 0) is 49.8 Å². The molecule has 23 heavy (non-hydrogen) atoms. The molecule has 2 amide bonds. The maximum absolute atomic E-state index is 12.4. The number of furan rings is 1. The van der Waals surface area contributed by atoms with Gasteiger partial charge in [0.2, 0.25) is 11.8 Å². The molecule has 0 unspecified atom stereocenters. The van der Waals surface area contributed by atoms with Crippen molar-refractivity contribution in [3.8, 4) is 0 Å². The van der Waals surface area contributed by atoms with Crippen molar-refractivity contribution >= 4 is 17.9 Å². The van der Waals surface area contributed by atoms with Crippen molar-refractivity contribution in [1.82, 2.24) is 4.90 Å². The van der Waals surface area contributed by atoms with Gasteiger partial charge in [0.15, 0.2) is 0 Å². The van der Waals surface area contributed by atoms with E-state index in [1.807, 2.05) is 12.1 Å². The van der Waals surface area contributed by atoms with Crippen LogP contribution in [0, 0.1) is 5.92 Å². The molecule has 1 aliphatic carbocycles. The zero-order chi connectivity index (χ0) is 16.4. The number of likely N-dealkylation sites (tertiary alicyclic amines) is 1. The van der Waals surface area contributed by atoms with E-state index in [0.29, 0.717) is 24.1 Å². The van der Waals surface area contributed by atoms with Crippen molar-refractivity contribution in [3.63, 3.8) is 0 Å². The predicted molar refractivity (Wildman–Crippen MR) is 87.4 cm³/mol. The second kappa shape index (κ2) is 6.60. The Morgan fingerprint density at radius 3 is 2.87 bits per heavy atom. The van der Waals surface area contributed by atoms with Crippen LogP contribution in [-0.2, 0) is 9.59 Å². The van der Waals surface area contributed by atoms with Gasteiger partial charge in [-0.25, -0.2) is 0 Å². The van der Waals surface area contributed by atoms with E-state index in [2.05, 4.69) is 6.92 Å². The van der Waals surface area contributed by atoms with Gasteiger partial charge >= 0.3 is 0 Å². The Morgan fingerprint density at radius 2 is 2.17 bits per heavy atom. The van der Waals surface area contributed by atoms with Gasteiger partial charge in [0.25, 0.3) is 0 Å². The SMILES string of the molecule is C[C@@H]1C[C@@H]1c1ccc(/C=C/C(=O)N2CCCC[C@H]2CC(N)=O)o1. The van der Waals surface area contributed by atoms with Crippen LogP contribution < -0.4 is 5.73 Å². The van der Waals surface area contributed by atoms with E-state index in [1.165, 1.54) is 12.5 Å². The molecular weight excluding hydrogens is 292 g/mol. The second-order valence-electron chi connectivity index (χ2n) is 6.74. The van der Waals surface area contributed by atoms with Gasteiger partial charge in [-0.2, -0.15) is 0 Å². The monoisotopic (exact) mass is 316 g/mol. The average molecular weight is 316 g/mol. The lowest BCUT2D eigenvalue weighted by Gasteiger charge is -2.34. The number of carbonyl (C=O) groups excluding carboxylic acids is 2. The fourth-order valence-electron chi connectivity index (χ4n) is 3.36. The van der Waals surface area contributed by atoms with E-state index in [0.717, 1.165) is 25.0 Å². The first-order valence-corrected chi connectivity index (χ1v) is 8.41. The van der Waals surface area contributed by atoms with Crippen LogP contribution in [0.2, 0.25) is 0 Å². The van der Waals surface area contributed by atoms with Crippen molar-refractivity contribution in [2.45, 2.75) is 51.0 Å². The third kappa shape index (κ3) is 3.84. The van der Waals surface area contributed by atoms with Crippen LogP contribution >= 0.6 is 0 Å². The van der Waals surface area contributed by atoms with Crippen LogP contribution in [0.5, 0.6) is 0 Å². The number of piperidine rings is 1. The highest BCUT2D eigenvalue weighted by Crippen LogP contribution is 2.47. The van der Waals surface area contributed by atoms with Crippen LogP contribution in [0.15, 0.2) is 22.6 Å². The van der Waals surface area contributed by atoms with Crippen LogP contribution in [0.1, 0.15) is 56.5 Å². The Morgan fingerprint density at radius 1 is 1.39 bits per heavy atom. The van der Waals surface area contributed by atoms with Gasteiger partial charge in [-0.3, -0.25) is 9.59 Å². The molecule has 1 aromatic heterocycles. The molecule has 2 N–H and O–H groups in total. The summed E-state index contributed by atoms with van der Waals surface area (Å²) in [5, 5.41) is 0. The van der Waals surface area contributed by atoms with Gasteiger partial charge in [0.05, 0.1) is 0 Å². The first kappa shape index (κ1) is 15.8. The summed E-state index contributed by atoms with van der Waals surface area (Å²) < 4.78 is 5.78. The molecule has 0 radical (unpaired) electrons. The molecule has 2 aliphatic rings. The Balaban J connectivity index is 1.62. The summed E-state index contributed by atoms with van der Waals surface area (Å²) in [4.78, 5) is 25.3. The summed E-state index contributed by atoms with van der Waals surface area (Å²) >= 11 is 0. The Bertz CT molecular complexity index is 620. The number of nitrogens with two attached hydrogens (primary N) is 1. The Labute approximate surface area is 136 Å². The van der Waals surface area contributed by atoms with Gasteiger partial charge in [0, 0.05) is 31.0 Å². The highest BCUT2D eigenvalue weighted by molar-refractivity contribution is 5.92. The first-order valence-electron chi connectivity index (χ1n) is 8.41. The molecular formula is C18H24N2O3. The number of hydrogen-bond donors (Lipinski definition) is 1. The van der Waals surface area contributed by atoms with E-state index in [1.54, 1.807) is 11.0 Å². The average Bonchev–Trinajstić information content (AvgIpc) is 3.07. The molecule has 1 aromatic rings. The fourth-order valence-corrected chi connectivity index (χ4v) is 3.36. The molecule has 1 saturated carbocycles. The minimum Gasteiger partial charge on any atom is -0.461 e. The van der Waals surface area contributed by atoms with E-state index >= 15 is 0 Å². The number of nitrogens with zero attached hydrogens (tertiary/aromatic N) is 1. The molecule has 1 aliphatic heterocycles.